The molecule has 0 aliphatic heterocycles. The standard InChI is InChI=1S/C26H32N2O5/c1-5-10-21(24(30)31)27-23(29)22(26(2,3)4)28-25(32)33-15-20-18-13-8-6-11-16(18)17-12-7-9-14-19(17)20/h6-9,11-14,20-22H,5,10,15H2,1-4H3,(H,27,29)(H,28,32)(H,30,31)/t21?,22-/m0/s1. The third-order valence-corrected chi connectivity index (χ3v) is 5.93. The summed E-state index contributed by atoms with van der Waals surface area (Å²) in [5, 5.41) is 14.6. The number of carboxylic acids is 1. The molecule has 0 spiro atoms. The minimum Gasteiger partial charge on any atom is -0.480 e. The highest BCUT2D eigenvalue weighted by Crippen LogP contribution is 2.44. The first-order valence-corrected chi connectivity index (χ1v) is 11.3. The zero-order valence-electron chi connectivity index (χ0n) is 19.6. The summed E-state index contributed by atoms with van der Waals surface area (Å²) in [6, 6.07) is 14.1. The summed E-state index contributed by atoms with van der Waals surface area (Å²) in [4.78, 5) is 37.0. The van der Waals surface area contributed by atoms with E-state index in [4.69, 9.17) is 4.74 Å². The fourth-order valence-electron chi connectivity index (χ4n) is 4.23. The molecule has 1 aliphatic rings. The van der Waals surface area contributed by atoms with Gasteiger partial charge in [0.05, 0.1) is 0 Å². The highest BCUT2D eigenvalue weighted by Gasteiger charge is 2.36. The number of rotatable bonds is 8. The minimum atomic E-state index is -1.10. The first kappa shape index (κ1) is 24.3. The maximum absolute atomic E-state index is 12.9. The fourth-order valence-corrected chi connectivity index (χ4v) is 4.23. The van der Waals surface area contributed by atoms with Crippen molar-refractivity contribution in [1.29, 1.82) is 0 Å². The monoisotopic (exact) mass is 452 g/mol. The lowest BCUT2D eigenvalue weighted by molar-refractivity contribution is -0.142. The molecule has 0 saturated carbocycles. The Morgan fingerprint density at radius 1 is 0.970 bits per heavy atom. The van der Waals surface area contributed by atoms with Crippen molar-refractivity contribution in [2.45, 2.75) is 58.5 Å². The predicted molar refractivity (Wildman–Crippen MR) is 126 cm³/mol. The van der Waals surface area contributed by atoms with Crippen LogP contribution in [0, 0.1) is 5.41 Å². The molecule has 176 valence electrons. The highest BCUT2D eigenvalue weighted by atomic mass is 16.5. The zero-order chi connectivity index (χ0) is 24.2. The molecular formula is C26H32N2O5. The molecule has 0 heterocycles. The molecule has 7 heteroatoms. The third-order valence-electron chi connectivity index (χ3n) is 5.93. The van der Waals surface area contributed by atoms with Gasteiger partial charge in [-0.3, -0.25) is 4.79 Å². The lowest BCUT2D eigenvalue weighted by Gasteiger charge is -2.31. The first-order chi connectivity index (χ1) is 15.6. The number of hydrogen-bond donors (Lipinski definition) is 3. The molecular weight excluding hydrogens is 420 g/mol. The van der Waals surface area contributed by atoms with Gasteiger partial charge in [-0.25, -0.2) is 9.59 Å². The molecule has 0 saturated heterocycles. The molecule has 2 aromatic carbocycles. The first-order valence-electron chi connectivity index (χ1n) is 11.3. The van der Waals surface area contributed by atoms with E-state index in [1.54, 1.807) is 20.8 Å². The second-order valence-electron chi connectivity index (χ2n) is 9.46. The Bertz CT molecular complexity index is 982. The highest BCUT2D eigenvalue weighted by molar-refractivity contribution is 5.90. The molecule has 0 radical (unpaired) electrons. The van der Waals surface area contributed by atoms with Crippen LogP contribution in [0.5, 0.6) is 0 Å². The van der Waals surface area contributed by atoms with Crippen LogP contribution in [-0.2, 0) is 14.3 Å². The van der Waals surface area contributed by atoms with E-state index in [0.29, 0.717) is 12.8 Å². The van der Waals surface area contributed by atoms with E-state index in [1.807, 2.05) is 43.3 Å². The van der Waals surface area contributed by atoms with Crippen LogP contribution in [0.4, 0.5) is 4.79 Å². The number of ether oxygens (including phenoxy) is 1. The van der Waals surface area contributed by atoms with Crippen LogP contribution < -0.4 is 10.6 Å². The van der Waals surface area contributed by atoms with Gasteiger partial charge in [-0.15, -0.1) is 0 Å². The van der Waals surface area contributed by atoms with Crippen LogP contribution in [0.3, 0.4) is 0 Å². The van der Waals surface area contributed by atoms with Crippen LogP contribution in [-0.4, -0.2) is 41.8 Å². The lowest BCUT2D eigenvalue weighted by Crippen LogP contribution is -2.56. The second kappa shape index (κ2) is 10.1. The Labute approximate surface area is 194 Å². The molecule has 2 amide bonds. The Morgan fingerprint density at radius 2 is 1.52 bits per heavy atom. The molecule has 1 aliphatic carbocycles. The largest absolute Gasteiger partial charge is 0.480 e. The minimum absolute atomic E-state index is 0.0917. The van der Waals surface area contributed by atoms with Gasteiger partial charge in [0.15, 0.2) is 0 Å². The number of benzene rings is 2. The number of hydrogen-bond acceptors (Lipinski definition) is 4. The van der Waals surface area contributed by atoms with Crippen LogP contribution in [0.2, 0.25) is 0 Å². The normalized spacial score (nSPS) is 14.5. The Kier molecular flexibility index (Phi) is 7.41. The second-order valence-corrected chi connectivity index (χ2v) is 9.46. The number of nitrogens with one attached hydrogen (secondary N) is 2. The van der Waals surface area contributed by atoms with E-state index in [0.717, 1.165) is 22.3 Å². The van der Waals surface area contributed by atoms with Crippen molar-refractivity contribution in [2.75, 3.05) is 6.61 Å². The summed E-state index contributed by atoms with van der Waals surface area (Å²) in [6.07, 6.45) is 0.203. The zero-order valence-corrected chi connectivity index (χ0v) is 19.6. The number of amides is 2. The Hall–Kier alpha value is -3.35. The van der Waals surface area contributed by atoms with Crippen molar-refractivity contribution in [2.24, 2.45) is 5.41 Å². The molecule has 0 aromatic heterocycles. The van der Waals surface area contributed by atoms with Gasteiger partial charge in [-0.2, -0.15) is 0 Å². The molecule has 0 bridgehead atoms. The number of carbonyl (C=O) groups excluding carboxylic acids is 2. The van der Waals surface area contributed by atoms with Gasteiger partial charge >= 0.3 is 12.1 Å². The quantitative estimate of drug-likeness (QED) is 0.554. The topological polar surface area (TPSA) is 105 Å². The molecule has 1 unspecified atom stereocenters. The number of aliphatic carboxylic acids is 1. The van der Waals surface area contributed by atoms with E-state index >= 15 is 0 Å². The van der Waals surface area contributed by atoms with Crippen molar-refractivity contribution >= 4 is 18.0 Å². The van der Waals surface area contributed by atoms with Crippen molar-refractivity contribution in [3.8, 4) is 11.1 Å². The molecule has 7 nitrogen and oxygen atoms in total. The summed E-state index contributed by atoms with van der Waals surface area (Å²) in [6.45, 7) is 7.38. The van der Waals surface area contributed by atoms with Gasteiger partial charge in [-0.1, -0.05) is 82.6 Å². The summed E-state index contributed by atoms with van der Waals surface area (Å²) in [5.74, 6) is -1.73. The molecule has 2 atom stereocenters. The lowest BCUT2D eigenvalue weighted by atomic mass is 9.86. The average molecular weight is 453 g/mol. The van der Waals surface area contributed by atoms with Crippen molar-refractivity contribution in [3.63, 3.8) is 0 Å². The van der Waals surface area contributed by atoms with Crippen molar-refractivity contribution in [3.05, 3.63) is 59.7 Å². The van der Waals surface area contributed by atoms with Crippen LogP contribution in [0.15, 0.2) is 48.5 Å². The molecule has 3 N–H and O–H groups in total. The Morgan fingerprint density at radius 3 is 2.00 bits per heavy atom. The molecule has 2 aromatic rings. The van der Waals surface area contributed by atoms with E-state index in [9.17, 15) is 19.5 Å². The van der Waals surface area contributed by atoms with Crippen molar-refractivity contribution < 1.29 is 24.2 Å². The van der Waals surface area contributed by atoms with Gasteiger partial charge in [-0.05, 0) is 34.1 Å². The Balaban J connectivity index is 1.69. The predicted octanol–water partition coefficient (Wildman–Crippen LogP) is 4.31. The summed E-state index contributed by atoms with van der Waals surface area (Å²) >= 11 is 0. The van der Waals surface area contributed by atoms with Crippen LogP contribution >= 0.6 is 0 Å². The third kappa shape index (κ3) is 5.53. The molecule has 0 fully saturated rings. The average Bonchev–Trinajstić information content (AvgIpc) is 3.08. The SMILES string of the molecule is CCCC(NC(=O)[C@H](NC(=O)OCC1c2ccccc2-c2ccccc21)C(C)(C)C)C(=O)O. The van der Waals surface area contributed by atoms with Gasteiger partial charge in [0, 0.05) is 5.92 Å². The van der Waals surface area contributed by atoms with Crippen LogP contribution in [0.25, 0.3) is 11.1 Å². The fraction of sp³-hybridized carbons (Fsp3) is 0.423. The van der Waals surface area contributed by atoms with Gasteiger partial charge in [0.25, 0.3) is 0 Å². The summed E-state index contributed by atoms with van der Waals surface area (Å²) < 4.78 is 5.57. The number of alkyl carbamates (subject to hydrolysis) is 1. The number of carbonyl (C=O) groups is 3. The molecule has 33 heavy (non-hydrogen) atoms. The van der Waals surface area contributed by atoms with Gasteiger partial charge in [0.2, 0.25) is 5.91 Å². The van der Waals surface area contributed by atoms with E-state index in [2.05, 4.69) is 22.8 Å². The van der Waals surface area contributed by atoms with Gasteiger partial charge in [0.1, 0.15) is 18.7 Å². The van der Waals surface area contributed by atoms with E-state index in [1.165, 1.54) is 0 Å². The van der Waals surface area contributed by atoms with Crippen molar-refractivity contribution in [1.82, 2.24) is 10.6 Å². The summed E-state index contributed by atoms with van der Waals surface area (Å²) in [7, 11) is 0. The number of fused-ring (bicyclic) bond motifs is 3. The molecule has 3 rings (SSSR count). The van der Waals surface area contributed by atoms with Crippen LogP contribution in [0.1, 0.15) is 57.6 Å². The number of carboxylic acid groups (broad SMARTS) is 1. The maximum atomic E-state index is 12.9. The smallest absolute Gasteiger partial charge is 0.407 e. The summed E-state index contributed by atoms with van der Waals surface area (Å²) in [5.41, 5.74) is 3.81. The maximum Gasteiger partial charge on any atom is 0.407 e. The van der Waals surface area contributed by atoms with E-state index in [-0.39, 0.29) is 12.5 Å². The van der Waals surface area contributed by atoms with E-state index < -0.39 is 35.5 Å². The van der Waals surface area contributed by atoms with Gasteiger partial charge < -0.3 is 20.5 Å².